The van der Waals surface area contributed by atoms with Crippen LogP contribution in [0.4, 0.5) is 0 Å². The fourth-order valence-corrected chi connectivity index (χ4v) is 2.71. The standard InChI is InChI=1S/C15H20BrNO/c1-3-4-5-9-13(17-2)14-10-11-7-6-8-12(16)15(11)18-14/h6-8,10,13,17H,3-5,9H2,1-2H3. The average molecular weight is 310 g/mol. The molecule has 1 atom stereocenters. The minimum atomic E-state index is 0.316. The second-order valence-electron chi connectivity index (χ2n) is 4.64. The molecule has 98 valence electrons. The summed E-state index contributed by atoms with van der Waals surface area (Å²) in [5, 5.41) is 4.51. The zero-order valence-corrected chi connectivity index (χ0v) is 12.6. The van der Waals surface area contributed by atoms with Crippen molar-refractivity contribution in [1.82, 2.24) is 5.32 Å². The molecule has 1 N–H and O–H groups in total. The number of halogens is 1. The fraction of sp³-hybridized carbons (Fsp3) is 0.467. The van der Waals surface area contributed by atoms with Gasteiger partial charge in [-0.15, -0.1) is 0 Å². The third-order valence-corrected chi connectivity index (χ3v) is 3.93. The molecule has 0 saturated carbocycles. The van der Waals surface area contributed by atoms with Crippen LogP contribution in [0.1, 0.15) is 44.4 Å². The quantitative estimate of drug-likeness (QED) is 0.756. The van der Waals surface area contributed by atoms with Crippen molar-refractivity contribution in [1.29, 1.82) is 0 Å². The van der Waals surface area contributed by atoms with Gasteiger partial charge in [0.15, 0.2) is 0 Å². The van der Waals surface area contributed by atoms with E-state index in [0.717, 1.165) is 27.6 Å². The molecule has 1 aromatic heterocycles. The Balaban J connectivity index is 2.20. The molecular weight excluding hydrogens is 290 g/mol. The Bertz CT molecular complexity index is 506. The molecule has 0 aliphatic carbocycles. The largest absolute Gasteiger partial charge is 0.458 e. The van der Waals surface area contributed by atoms with Crippen molar-refractivity contribution in [3.05, 3.63) is 34.5 Å². The first kappa shape index (κ1) is 13.6. The SMILES string of the molecule is CCCCCC(NC)c1cc2cccc(Br)c2o1. The van der Waals surface area contributed by atoms with Crippen molar-refractivity contribution in [2.24, 2.45) is 0 Å². The van der Waals surface area contributed by atoms with Gasteiger partial charge in [0.05, 0.1) is 10.5 Å². The maximum atomic E-state index is 5.97. The van der Waals surface area contributed by atoms with Crippen molar-refractivity contribution in [2.75, 3.05) is 7.05 Å². The molecule has 18 heavy (non-hydrogen) atoms. The number of benzene rings is 1. The Morgan fingerprint density at radius 1 is 1.33 bits per heavy atom. The number of fused-ring (bicyclic) bond motifs is 1. The van der Waals surface area contributed by atoms with Gasteiger partial charge in [-0.25, -0.2) is 0 Å². The van der Waals surface area contributed by atoms with Crippen LogP contribution < -0.4 is 5.32 Å². The number of para-hydroxylation sites is 1. The van der Waals surface area contributed by atoms with E-state index >= 15 is 0 Å². The summed E-state index contributed by atoms with van der Waals surface area (Å²) in [5.41, 5.74) is 0.947. The first-order valence-electron chi connectivity index (χ1n) is 6.61. The van der Waals surface area contributed by atoms with Gasteiger partial charge in [0.25, 0.3) is 0 Å². The van der Waals surface area contributed by atoms with E-state index in [2.05, 4.69) is 40.3 Å². The van der Waals surface area contributed by atoms with Crippen LogP contribution in [0.2, 0.25) is 0 Å². The number of nitrogens with one attached hydrogen (secondary N) is 1. The number of hydrogen-bond acceptors (Lipinski definition) is 2. The molecule has 1 aromatic carbocycles. The Kier molecular flexibility index (Phi) is 4.84. The van der Waals surface area contributed by atoms with E-state index in [-0.39, 0.29) is 0 Å². The van der Waals surface area contributed by atoms with Crippen LogP contribution in [-0.2, 0) is 0 Å². The molecule has 2 nitrogen and oxygen atoms in total. The predicted octanol–water partition coefficient (Wildman–Crippen LogP) is 5.04. The molecule has 0 fully saturated rings. The monoisotopic (exact) mass is 309 g/mol. The Labute approximate surface area is 117 Å². The molecule has 0 radical (unpaired) electrons. The van der Waals surface area contributed by atoms with E-state index in [1.807, 2.05) is 19.2 Å². The van der Waals surface area contributed by atoms with Crippen LogP contribution in [0.5, 0.6) is 0 Å². The maximum Gasteiger partial charge on any atom is 0.148 e. The molecule has 0 bridgehead atoms. The van der Waals surface area contributed by atoms with Gasteiger partial charge in [-0.1, -0.05) is 38.3 Å². The summed E-state index contributed by atoms with van der Waals surface area (Å²) in [7, 11) is 2.00. The Morgan fingerprint density at radius 3 is 2.83 bits per heavy atom. The number of unbranched alkanes of at least 4 members (excludes halogenated alkanes) is 2. The van der Waals surface area contributed by atoms with E-state index in [1.165, 1.54) is 19.3 Å². The van der Waals surface area contributed by atoms with E-state index in [1.54, 1.807) is 0 Å². The summed E-state index contributed by atoms with van der Waals surface area (Å²) in [6.45, 7) is 2.23. The van der Waals surface area contributed by atoms with Gasteiger partial charge in [0, 0.05) is 5.39 Å². The number of rotatable bonds is 6. The summed E-state index contributed by atoms with van der Waals surface area (Å²) in [6.07, 6.45) is 4.90. The highest BCUT2D eigenvalue weighted by molar-refractivity contribution is 9.10. The summed E-state index contributed by atoms with van der Waals surface area (Å²) >= 11 is 3.53. The van der Waals surface area contributed by atoms with Gasteiger partial charge < -0.3 is 9.73 Å². The highest BCUT2D eigenvalue weighted by atomic mass is 79.9. The molecule has 2 rings (SSSR count). The van der Waals surface area contributed by atoms with Crippen LogP contribution in [-0.4, -0.2) is 7.05 Å². The predicted molar refractivity (Wildman–Crippen MR) is 79.9 cm³/mol. The second-order valence-corrected chi connectivity index (χ2v) is 5.50. The van der Waals surface area contributed by atoms with E-state index in [4.69, 9.17) is 4.42 Å². The van der Waals surface area contributed by atoms with Crippen LogP contribution in [0, 0.1) is 0 Å². The lowest BCUT2D eigenvalue weighted by molar-refractivity contribution is 0.419. The van der Waals surface area contributed by atoms with Gasteiger partial charge in [-0.3, -0.25) is 0 Å². The first-order valence-corrected chi connectivity index (χ1v) is 7.40. The van der Waals surface area contributed by atoms with Crippen molar-refractivity contribution in [2.45, 2.75) is 38.6 Å². The molecule has 0 saturated heterocycles. The van der Waals surface area contributed by atoms with Crippen LogP contribution in [0.3, 0.4) is 0 Å². The van der Waals surface area contributed by atoms with Gasteiger partial charge in [-0.05, 0) is 41.5 Å². The molecule has 0 aliphatic rings. The summed E-state index contributed by atoms with van der Waals surface area (Å²) < 4.78 is 7.00. The molecule has 1 heterocycles. The molecule has 0 spiro atoms. The Hall–Kier alpha value is -0.800. The lowest BCUT2D eigenvalue weighted by Gasteiger charge is -2.12. The lowest BCUT2D eigenvalue weighted by Crippen LogP contribution is -2.15. The lowest BCUT2D eigenvalue weighted by atomic mass is 10.1. The first-order chi connectivity index (χ1) is 8.76. The maximum absolute atomic E-state index is 5.97. The van der Waals surface area contributed by atoms with Gasteiger partial charge in [0.2, 0.25) is 0 Å². The molecule has 0 amide bonds. The van der Waals surface area contributed by atoms with E-state index in [0.29, 0.717) is 6.04 Å². The summed E-state index contributed by atoms with van der Waals surface area (Å²) in [6, 6.07) is 8.60. The minimum Gasteiger partial charge on any atom is -0.458 e. The van der Waals surface area contributed by atoms with E-state index < -0.39 is 0 Å². The smallest absolute Gasteiger partial charge is 0.148 e. The zero-order valence-electron chi connectivity index (χ0n) is 11.0. The molecule has 2 aromatic rings. The van der Waals surface area contributed by atoms with Gasteiger partial charge in [-0.2, -0.15) is 0 Å². The third-order valence-electron chi connectivity index (χ3n) is 3.30. The molecule has 0 aliphatic heterocycles. The Morgan fingerprint density at radius 2 is 2.17 bits per heavy atom. The molecule has 1 unspecified atom stereocenters. The molecule has 3 heteroatoms. The zero-order chi connectivity index (χ0) is 13.0. The van der Waals surface area contributed by atoms with Crippen LogP contribution in [0.25, 0.3) is 11.0 Å². The third kappa shape index (κ3) is 2.96. The van der Waals surface area contributed by atoms with Crippen molar-refractivity contribution in [3.8, 4) is 0 Å². The summed E-state index contributed by atoms with van der Waals surface area (Å²) in [4.78, 5) is 0. The average Bonchev–Trinajstić information content (AvgIpc) is 2.80. The summed E-state index contributed by atoms with van der Waals surface area (Å²) in [5.74, 6) is 1.04. The highest BCUT2D eigenvalue weighted by Gasteiger charge is 2.15. The second kappa shape index (κ2) is 6.39. The minimum absolute atomic E-state index is 0.316. The fourth-order valence-electron chi connectivity index (χ4n) is 2.25. The molecular formula is C15H20BrNO. The highest BCUT2D eigenvalue weighted by Crippen LogP contribution is 2.31. The van der Waals surface area contributed by atoms with Crippen molar-refractivity contribution in [3.63, 3.8) is 0 Å². The van der Waals surface area contributed by atoms with Gasteiger partial charge >= 0.3 is 0 Å². The normalized spacial score (nSPS) is 13.1. The van der Waals surface area contributed by atoms with Crippen LogP contribution in [0.15, 0.2) is 33.2 Å². The van der Waals surface area contributed by atoms with Crippen molar-refractivity contribution < 1.29 is 4.42 Å². The van der Waals surface area contributed by atoms with Gasteiger partial charge in [0.1, 0.15) is 11.3 Å². The topological polar surface area (TPSA) is 25.2 Å². The van der Waals surface area contributed by atoms with E-state index in [9.17, 15) is 0 Å². The number of hydrogen-bond donors (Lipinski definition) is 1. The van der Waals surface area contributed by atoms with Crippen molar-refractivity contribution >= 4 is 26.9 Å². The van der Waals surface area contributed by atoms with Crippen LogP contribution >= 0.6 is 15.9 Å². The number of furan rings is 1.